The third-order valence-electron chi connectivity index (χ3n) is 5.64. The van der Waals surface area contributed by atoms with E-state index in [4.69, 9.17) is 11.6 Å². The average Bonchev–Trinajstić information content (AvgIpc) is 2.84. The minimum atomic E-state index is -0.538. The standard InChI is InChI=1S/C26H23ClFN3O3/c27-21-11-4-1-8-18(21)16-29-24(32)14-7-15-30-25(33)20-10-3-6-13-23(20)31(26(30)34)17-19-9-2-5-12-22(19)28/h1-6,8-13H,7,14-17H2,(H,29,32). The SMILES string of the molecule is O=C(CCCn1c(=O)c2ccccc2n(Cc2ccccc2F)c1=O)NCc1ccccc1Cl. The number of hydrogen-bond donors (Lipinski definition) is 1. The largest absolute Gasteiger partial charge is 0.352 e. The minimum absolute atomic E-state index is 0.00930. The minimum Gasteiger partial charge on any atom is -0.352 e. The Morgan fingerprint density at radius 1 is 0.882 bits per heavy atom. The monoisotopic (exact) mass is 479 g/mol. The quantitative estimate of drug-likeness (QED) is 0.413. The topological polar surface area (TPSA) is 73.1 Å². The molecule has 4 aromatic rings. The van der Waals surface area contributed by atoms with Crippen LogP contribution in [0, 0.1) is 5.82 Å². The summed E-state index contributed by atoms with van der Waals surface area (Å²) in [5.74, 6) is -0.633. The molecule has 0 fully saturated rings. The molecule has 0 aliphatic rings. The highest BCUT2D eigenvalue weighted by atomic mass is 35.5. The van der Waals surface area contributed by atoms with E-state index in [1.165, 1.54) is 10.6 Å². The van der Waals surface area contributed by atoms with E-state index in [0.29, 0.717) is 34.5 Å². The molecule has 8 heteroatoms. The third-order valence-corrected chi connectivity index (χ3v) is 6.01. The van der Waals surface area contributed by atoms with Crippen molar-refractivity contribution in [1.29, 1.82) is 0 Å². The highest BCUT2D eigenvalue weighted by molar-refractivity contribution is 6.31. The van der Waals surface area contributed by atoms with E-state index >= 15 is 0 Å². The maximum absolute atomic E-state index is 14.3. The molecule has 0 radical (unpaired) electrons. The molecule has 0 atom stereocenters. The molecule has 6 nitrogen and oxygen atoms in total. The molecule has 1 N–H and O–H groups in total. The molecular formula is C26H23ClFN3O3. The Balaban J connectivity index is 1.53. The Morgan fingerprint density at radius 2 is 1.56 bits per heavy atom. The second-order valence-corrected chi connectivity index (χ2v) is 8.31. The van der Waals surface area contributed by atoms with E-state index in [-0.39, 0.29) is 25.4 Å². The molecule has 1 heterocycles. The molecule has 0 saturated carbocycles. The molecule has 174 valence electrons. The third kappa shape index (κ3) is 5.10. The van der Waals surface area contributed by atoms with Crippen molar-refractivity contribution in [2.45, 2.75) is 32.5 Å². The molecule has 0 saturated heterocycles. The summed E-state index contributed by atoms with van der Waals surface area (Å²) >= 11 is 6.11. The van der Waals surface area contributed by atoms with Gasteiger partial charge in [0.1, 0.15) is 5.82 Å². The van der Waals surface area contributed by atoms with Crippen LogP contribution < -0.4 is 16.6 Å². The number of rotatable bonds is 8. The number of halogens is 2. The van der Waals surface area contributed by atoms with Gasteiger partial charge in [-0.25, -0.2) is 9.18 Å². The molecule has 3 aromatic carbocycles. The van der Waals surface area contributed by atoms with Crippen LogP contribution in [0.3, 0.4) is 0 Å². The number of para-hydroxylation sites is 1. The molecule has 1 amide bonds. The molecule has 4 rings (SSSR count). The van der Waals surface area contributed by atoms with Gasteiger partial charge in [0.05, 0.1) is 17.4 Å². The lowest BCUT2D eigenvalue weighted by atomic mass is 10.2. The first-order chi connectivity index (χ1) is 16.5. The van der Waals surface area contributed by atoms with Crippen molar-refractivity contribution >= 4 is 28.4 Å². The molecule has 0 aliphatic heterocycles. The van der Waals surface area contributed by atoms with Gasteiger partial charge in [-0.2, -0.15) is 0 Å². The highest BCUT2D eigenvalue weighted by Gasteiger charge is 2.15. The zero-order valence-corrected chi connectivity index (χ0v) is 19.1. The zero-order valence-electron chi connectivity index (χ0n) is 18.3. The Labute approximate surface area is 200 Å². The zero-order chi connectivity index (χ0) is 24.1. The Morgan fingerprint density at radius 3 is 2.32 bits per heavy atom. The summed E-state index contributed by atoms with van der Waals surface area (Å²) in [6.07, 6.45) is 0.429. The number of nitrogens with one attached hydrogen (secondary N) is 1. The number of carbonyl (C=O) groups excluding carboxylic acids is 1. The summed E-state index contributed by atoms with van der Waals surface area (Å²) in [4.78, 5) is 38.5. The van der Waals surface area contributed by atoms with Gasteiger partial charge in [-0.15, -0.1) is 0 Å². The van der Waals surface area contributed by atoms with Gasteiger partial charge in [-0.3, -0.25) is 18.7 Å². The molecular weight excluding hydrogens is 457 g/mol. The van der Waals surface area contributed by atoms with E-state index in [9.17, 15) is 18.8 Å². The molecule has 0 aliphatic carbocycles. The van der Waals surface area contributed by atoms with E-state index in [1.54, 1.807) is 48.5 Å². The van der Waals surface area contributed by atoms with Gasteiger partial charge in [0, 0.05) is 30.1 Å². The maximum atomic E-state index is 14.3. The second kappa shape index (κ2) is 10.5. The van der Waals surface area contributed by atoms with Gasteiger partial charge < -0.3 is 5.32 Å². The van der Waals surface area contributed by atoms with Gasteiger partial charge >= 0.3 is 5.69 Å². The Kier molecular flexibility index (Phi) is 7.23. The normalized spacial score (nSPS) is 11.0. The predicted octanol–water partition coefficient (Wildman–Crippen LogP) is 4.10. The lowest BCUT2D eigenvalue weighted by molar-refractivity contribution is -0.121. The molecule has 1 aromatic heterocycles. The fraction of sp³-hybridized carbons (Fsp3) is 0.192. The van der Waals surface area contributed by atoms with Crippen LogP contribution >= 0.6 is 11.6 Å². The number of aromatic nitrogens is 2. The first-order valence-electron chi connectivity index (χ1n) is 10.9. The van der Waals surface area contributed by atoms with E-state index in [1.807, 2.05) is 18.2 Å². The lowest BCUT2D eigenvalue weighted by Crippen LogP contribution is -2.40. The molecule has 34 heavy (non-hydrogen) atoms. The van der Waals surface area contributed by atoms with Crippen molar-refractivity contribution in [3.05, 3.63) is 116 Å². The number of fused-ring (bicyclic) bond motifs is 1. The first kappa shape index (κ1) is 23.4. The van der Waals surface area contributed by atoms with Crippen molar-refractivity contribution in [2.75, 3.05) is 0 Å². The Hall–Kier alpha value is -3.71. The van der Waals surface area contributed by atoms with E-state index in [2.05, 4.69) is 5.32 Å². The predicted molar refractivity (Wildman–Crippen MR) is 131 cm³/mol. The molecule has 0 spiro atoms. The van der Waals surface area contributed by atoms with Crippen molar-refractivity contribution in [1.82, 2.24) is 14.5 Å². The van der Waals surface area contributed by atoms with Crippen LogP contribution in [0.4, 0.5) is 4.39 Å². The fourth-order valence-electron chi connectivity index (χ4n) is 3.84. The van der Waals surface area contributed by atoms with E-state index in [0.717, 1.165) is 10.1 Å². The van der Waals surface area contributed by atoms with Crippen molar-refractivity contribution in [3.8, 4) is 0 Å². The number of benzene rings is 3. The van der Waals surface area contributed by atoms with Crippen LogP contribution in [-0.2, 0) is 24.4 Å². The van der Waals surface area contributed by atoms with Crippen LogP contribution in [0.1, 0.15) is 24.0 Å². The number of carbonyl (C=O) groups is 1. The van der Waals surface area contributed by atoms with Gasteiger partial charge in [-0.05, 0) is 36.2 Å². The second-order valence-electron chi connectivity index (χ2n) is 7.91. The van der Waals surface area contributed by atoms with Crippen LogP contribution in [0.2, 0.25) is 5.02 Å². The fourth-order valence-corrected chi connectivity index (χ4v) is 4.04. The van der Waals surface area contributed by atoms with Crippen molar-refractivity contribution < 1.29 is 9.18 Å². The van der Waals surface area contributed by atoms with Crippen LogP contribution in [0.25, 0.3) is 10.9 Å². The van der Waals surface area contributed by atoms with Crippen molar-refractivity contribution in [3.63, 3.8) is 0 Å². The summed E-state index contributed by atoms with van der Waals surface area (Å²) < 4.78 is 16.8. The maximum Gasteiger partial charge on any atom is 0.331 e. The van der Waals surface area contributed by atoms with Crippen LogP contribution in [0.15, 0.2) is 82.4 Å². The van der Waals surface area contributed by atoms with Gasteiger partial charge in [-0.1, -0.05) is 60.1 Å². The lowest BCUT2D eigenvalue weighted by Gasteiger charge is -2.14. The van der Waals surface area contributed by atoms with E-state index < -0.39 is 17.1 Å². The van der Waals surface area contributed by atoms with Gasteiger partial charge in [0.15, 0.2) is 0 Å². The van der Waals surface area contributed by atoms with Crippen molar-refractivity contribution in [2.24, 2.45) is 0 Å². The number of hydrogen-bond acceptors (Lipinski definition) is 3. The summed E-state index contributed by atoms with van der Waals surface area (Å²) in [7, 11) is 0. The number of nitrogens with zero attached hydrogens (tertiary/aromatic N) is 2. The Bertz CT molecular complexity index is 1460. The smallest absolute Gasteiger partial charge is 0.331 e. The van der Waals surface area contributed by atoms with Gasteiger partial charge in [0.25, 0.3) is 5.56 Å². The molecule has 0 bridgehead atoms. The number of amides is 1. The summed E-state index contributed by atoms with van der Waals surface area (Å²) in [6.45, 7) is 0.355. The summed E-state index contributed by atoms with van der Waals surface area (Å²) in [5.41, 5.74) is 0.623. The summed E-state index contributed by atoms with van der Waals surface area (Å²) in [5, 5.41) is 3.73. The summed E-state index contributed by atoms with van der Waals surface area (Å²) in [6, 6.07) is 20.2. The molecule has 0 unspecified atom stereocenters. The first-order valence-corrected chi connectivity index (χ1v) is 11.3. The van der Waals surface area contributed by atoms with Crippen LogP contribution in [0.5, 0.6) is 0 Å². The average molecular weight is 480 g/mol. The van der Waals surface area contributed by atoms with Gasteiger partial charge in [0.2, 0.25) is 5.91 Å². The highest BCUT2D eigenvalue weighted by Crippen LogP contribution is 2.15. The van der Waals surface area contributed by atoms with Crippen LogP contribution in [-0.4, -0.2) is 15.0 Å².